The number of thioether (sulfide) groups is 1. The molecule has 0 radical (unpaired) electrons. The van der Waals surface area contributed by atoms with E-state index >= 15 is 0 Å². The summed E-state index contributed by atoms with van der Waals surface area (Å²) in [7, 11) is 0. The Morgan fingerprint density at radius 2 is 1.95 bits per heavy atom. The fourth-order valence-electron chi connectivity index (χ4n) is 5.54. The number of amides is 1. The average Bonchev–Trinajstić information content (AvgIpc) is 3.59. The number of nitrogens with zero attached hydrogens (tertiary/aromatic N) is 3. The lowest BCUT2D eigenvalue weighted by atomic mass is 9.89. The van der Waals surface area contributed by atoms with Gasteiger partial charge in [0.05, 0.1) is 10.6 Å². The Bertz CT molecular complexity index is 1520. The number of hydrogen-bond donors (Lipinski definition) is 2. The number of hydrogen-bond acceptors (Lipinski definition) is 8. The van der Waals surface area contributed by atoms with Crippen molar-refractivity contribution in [1.82, 2.24) is 20.2 Å². The van der Waals surface area contributed by atoms with Crippen LogP contribution in [0.5, 0.6) is 0 Å². The van der Waals surface area contributed by atoms with Crippen molar-refractivity contribution < 1.29 is 4.79 Å². The van der Waals surface area contributed by atoms with Crippen LogP contribution in [0.15, 0.2) is 33.5 Å². The van der Waals surface area contributed by atoms with E-state index in [0.717, 1.165) is 41.8 Å². The van der Waals surface area contributed by atoms with Gasteiger partial charge < -0.3 is 4.98 Å². The maximum absolute atomic E-state index is 13.2. The summed E-state index contributed by atoms with van der Waals surface area (Å²) in [6.45, 7) is 1.96. The molecule has 1 fully saturated rings. The highest BCUT2D eigenvalue weighted by Gasteiger charge is 2.24. The lowest BCUT2D eigenvalue weighted by Gasteiger charge is -2.18. The minimum Gasteiger partial charge on any atom is -0.301 e. The van der Waals surface area contributed by atoms with Crippen LogP contribution >= 0.6 is 34.4 Å². The molecule has 0 saturated heterocycles. The predicted molar refractivity (Wildman–Crippen MR) is 157 cm³/mol. The summed E-state index contributed by atoms with van der Waals surface area (Å²) in [6.07, 6.45) is 11.3. The molecule has 1 unspecified atom stereocenters. The SMILES string of the molecule is CCC(Sc1nc2scc(-c3ccc4c(c3)CCCC4)c2c(=O)[nH]1)C(=O)Nc1nnc(C2CCCCC2)s1. The average molecular weight is 566 g/mol. The van der Waals surface area contributed by atoms with Crippen molar-refractivity contribution in [3.8, 4) is 11.1 Å². The normalized spacial score (nSPS) is 16.9. The van der Waals surface area contributed by atoms with Gasteiger partial charge in [-0.25, -0.2) is 4.98 Å². The fraction of sp³-hybridized carbons (Fsp3) is 0.464. The highest BCUT2D eigenvalue weighted by molar-refractivity contribution is 8.00. The van der Waals surface area contributed by atoms with Gasteiger partial charge in [-0.2, -0.15) is 0 Å². The number of rotatable bonds is 7. The third-order valence-corrected chi connectivity index (χ3v) is 10.7. The standard InChI is InChI=1S/C28H31N5O2S3/c1-2-21(23(34)29-28-33-32-25(38-28)17-9-4-3-5-10-17)37-27-30-24(35)22-20(15-36-26(22)31-27)19-13-12-16-8-6-7-11-18(16)14-19/h12-15,17,21H,2-11H2,1H3,(H,29,33,34)(H,30,31,35). The summed E-state index contributed by atoms with van der Waals surface area (Å²) >= 11 is 4.24. The van der Waals surface area contributed by atoms with Crippen molar-refractivity contribution in [2.45, 2.75) is 87.5 Å². The molecule has 1 aromatic carbocycles. The minimum absolute atomic E-state index is 0.146. The highest BCUT2D eigenvalue weighted by atomic mass is 32.2. The van der Waals surface area contributed by atoms with E-state index in [1.54, 1.807) is 0 Å². The maximum atomic E-state index is 13.2. The van der Waals surface area contributed by atoms with Gasteiger partial charge in [-0.3, -0.25) is 14.9 Å². The predicted octanol–water partition coefficient (Wildman–Crippen LogP) is 6.94. The summed E-state index contributed by atoms with van der Waals surface area (Å²) < 4.78 is 0. The van der Waals surface area contributed by atoms with Crippen LogP contribution in [-0.4, -0.2) is 31.3 Å². The number of carbonyl (C=O) groups is 1. The molecular formula is C28H31N5O2S3. The van der Waals surface area contributed by atoms with Crippen molar-refractivity contribution in [1.29, 1.82) is 0 Å². The second-order valence-corrected chi connectivity index (χ2v) is 13.2. The quantitative estimate of drug-likeness (QED) is 0.186. The van der Waals surface area contributed by atoms with Crippen LogP contribution < -0.4 is 10.9 Å². The number of carbonyl (C=O) groups excluding carboxylic acids is 1. The van der Waals surface area contributed by atoms with Gasteiger partial charge in [0.1, 0.15) is 9.84 Å². The van der Waals surface area contributed by atoms with Gasteiger partial charge in [-0.15, -0.1) is 21.5 Å². The van der Waals surface area contributed by atoms with E-state index in [0.29, 0.717) is 32.8 Å². The van der Waals surface area contributed by atoms with Crippen LogP contribution in [0.3, 0.4) is 0 Å². The van der Waals surface area contributed by atoms with E-state index in [-0.39, 0.29) is 11.5 Å². The monoisotopic (exact) mass is 565 g/mol. The Morgan fingerprint density at radius 3 is 2.76 bits per heavy atom. The minimum atomic E-state index is -0.405. The van der Waals surface area contributed by atoms with E-state index in [1.807, 2.05) is 12.3 Å². The number of thiophene rings is 1. The zero-order valence-corrected chi connectivity index (χ0v) is 23.9. The van der Waals surface area contributed by atoms with Crippen LogP contribution in [0, 0.1) is 0 Å². The molecule has 1 amide bonds. The number of anilines is 1. The third-order valence-electron chi connectivity index (χ3n) is 7.62. The molecular weight excluding hydrogens is 535 g/mol. The van der Waals surface area contributed by atoms with E-state index in [9.17, 15) is 9.59 Å². The van der Waals surface area contributed by atoms with Crippen molar-refractivity contribution in [2.75, 3.05) is 5.32 Å². The highest BCUT2D eigenvalue weighted by Crippen LogP contribution is 2.36. The Morgan fingerprint density at radius 1 is 1.13 bits per heavy atom. The van der Waals surface area contributed by atoms with Gasteiger partial charge >= 0.3 is 0 Å². The van der Waals surface area contributed by atoms with Crippen LogP contribution in [0.4, 0.5) is 5.13 Å². The number of fused-ring (bicyclic) bond motifs is 2. The van der Waals surface area contributed by atoms with Gasteiger partial charge in [0, 0.05) is 16.9 Å². The Labute approximate surface area is 233 Å². The van der Waals surface area contributed by atoms with Crippen LogP contribution in [0.1, 0.15) is 80.3 Å². The molecule has 1 saturated carbocycles. The van der Waals surface area contributed by atoms with E-state index in [2.05, 4.69) is 38.7 Å². The number of nitrogens with one attached hydrogen (secondary N) is 2. The number of aryl methyl sites for hydroxylation is 2. The first-order valence-corrected chi connectivity index (χ1v) is 16.1. The summed E-state index contributed by atoms with van der Waals surface area (Å²) in [6, 6.07) is 6.57. The molecule has 2 aliphatic carbocycles. The zero-order valence-electron chi connectivity index (χ0n) is 21.4. The van der Waals surface area contributed by atoms with Gasteiger partial charge in [0.25, 0.3) is 5.56 Å². The van der Waals surface area contributed by atoms with Crippen molar-refractivity contribution in [3.63, 3.8) is 0 Å². The molecule has 0 spiro atoms. The maximum Gasteiger partial charge on any atom is 0.260 e. The molecule has 4 aromatic rings. The first-order chi connectivity index (χ1) is 18.6. The molecule has 6 rings (SSSR count). The van der Waals surface area contributed by atoms with Gasteiger partial charge in [-0.05, 0) is 61.6 Å². The Kier molecular flexibility index (Phi) is 7.63. The molecule has 38 heavy (non-hydrogen) atoms. The fourth-order valence-corrected chi connectivity index (χ4v) is 8.36. The van der Waals surface area contributed by atoms with E-state index in [1.165, 1.54) is 77.7 Å². The second-order valence-electron chi connectivity index (χ2n) is 10.2. The molecule has 3 heterocycles. The zero-order chi connectivity index (χ0) is 26.1. The molecule has 7 nitrogen and oxygen atoms in total. The van der Waals surface area contributed by atoms with E-state index in [4.69, 9.17) is 4.98 Å². The summed E-state index contributed by atoms with van der Waals surface area (Å²) in [5.74, 6) is 0.314. The molecule has 1 atom stereocenters. The molecule has 3 aromatic heterocycles. The molecule has 0 aliphatic heterocycles. The summed E-state index contributed by atoms with van der Waals surface area (Å²) in [5.41, 5.74) is 4.65. The first-order valence-electron chi connectivity index (χ1n) is 13.5. The van der Waals surface area contributed by atoms with Crippen LogP contribution in [0.2, 0.25) is 0 Å². The van der Waals surface area contributed by atoms with Crippen LogP contribution in [-0.2, 0) is 17.6 Å². The van der Waals surface area contributed by atoms with E-state index < -0.39 is 5.25 Å². The molecule has 198 valence electrons. The van der Waals surface area contributed by atoms with Crippen molar-refractivity contribution >= 4 is 55.7 Å². The topological polar surface area (TPSA) is 101 Å². The number of aromatic nitrogens is 4. The molecule has 10 heteroatoms. The van der Waals surface area contributed by atoms with Gasteiger partial charge in [0.15, 0.2) is 5.16 Å². The Balaban J connectivity index is 1.18. The van der Waals surface area contributed by atoms with Crippen molar-refractivity contribution in [3.05, 3.63) is 50.1 Å². The largest absolute Gasteiger partial charge is 0.301 e. The lowest BCUT2D eigenvalue weighted by Crippen LogP contribution is -2.25. The smallest absolute Gasteiger partial charge is 0.260 e. The lowest BCUT2D eigenvalue weighted by molar-refractivity contribution is -0.115. The molecule has 2 aliphatic rings. The van der Waals surface area contributed by atoms with Gasteiger partial charge in [0.2, 0.25) is 11.0 Å². The first kappa shape index (κ1) is 25.7. The van der Waals surface area contributed by atoms with Gasteiger partial charge in [-0.1, -0.05) is 67.5 Å². The number of benzene rings is 1. The second kappa shape index (κ2) is 11.3. The number of aromatic amines is 1. The Hall–Kier alpha value is -2.56. The molecule has 0 bridgehead atoms. The third kappa shape index (κ3) is 5.31. The molecule has 2 N–H and O–H groups in total. The summed E-state index contributed by atoms with van der Waals surface area (Å²) in [5, 5.41) is 15.8. The number of H-pyrrole nitrogens is 1. The summed E-state index contributed by atoms with van der Waals surface area (Å²) in [4.78, 5) is 34.7. The van der Waals surface area contributed by atoms with Crippen LogP contribution in [0.25, 0.3) is 21.3 Å². The van der Waals surface area contributed by atoms with Crippen molar-refractivity contribution in [2.24, 2.45) is 0 Å².